The number of alkyl halides is 3. The van der Waals surface area contributed by atoms with E-state index in [0.717, 1.165) is 6.20 Å². The van der Waals surface area contributed by atoms with E-state index in [9.17, 15) is 23.3 Å². The monoisotopic (exact) mass is 357 g/mol. The Hall–Kier alpha value is -1.42. The van der Waals surface area contributed by atoms with Crippen molar-refractivity contribution in [2.75, 3.05) is 25.1 Å². The quantitative estimate of drug-likeness (QED) is 0.481. The van der Waals surface area contributed by atoms with Gasteiger partial charge in [-0.3, -0.25) is 10.1 Å². The van der Waals surface area contributed by atoms with Crippen LogP contribution in [0.3, 0.4) is 0 Å². The Kier molecular flexibility index (Phi) is 5.69. The molecule has 0 unspecified atom stereocenters. The van der Waals surface area contributed by atoms with Gasteiger partial charge in [0.05, 0.1) is 16.0 Å². The maximum atomic E-state index is 11.8. The molecule has 10 heteroatoms. The lowest BCUT2D eigenvalue weighted by Gasteiger charge is -2.10. The van der Waals surface area contributed by atoms with Crippen LogP contribution in [0, 0.1) is 17.0 Å². The van der Waals surface area contributed by atoms with Crippen molar-refractivity contribution in [2.24, 2.45) is 0 Å². The fourth-order valence-corrected chi connectivity index (χ4v) is 1.75. The summed E-state index contributed by atoms with van der Waals surface area (Å²) in [5, 5.41) is 13.4. The summed E-state index contributed by atoms with van der Waals surface area (Å²) in [6.07, 6.45) is -3.28. The van der Waals surface area contributed by atoms with Gasteiger partial charge < -0.3 is 10.1 Å². The molecule has 6 nitrogen and oxygen atoms in total. The summed E-state index contributed by atoms with van der Waals surface area (Å²) in [4.78, 5) is 13.9. The first-order valence-electron chi connectivity index (χ1n) is 5.40. The number of pyridine rings is 1. The van der Waals surface area contributed by atoms with Crippen LogP contribution in [0.15, 0.2) is 10.7 Å². The van der Waals surface area contributed by atoms with E-state index in [1.807, 2.05) is 0 Å². The second-order valence-corrected chi connectivity index (χ2v) is 4.58. The molecule has 1 rings (SSSR count). The largest absolute Gasteiger partial charge is 0.411 e. The van der Waals surface area contributed by atoms with Crippen molar-refractivity contribution in [3.8, 4) is 0 Å². The standard InChI is InChI=1S/C10H11BrF3N3O3/c1-6-7(17(18)19)4-16-9(8(6)11)15-2-3-20-5-10(12,13)14/h4H,2-3,5H2,1H3,(H,15,16). The van der Waals surface area contributed by atoms with Crippen molar-refractivity contribution >= 4 is 27.4 Å². The maximum Gasteiger partial charge on any atom is 0.411 e. The topological polar surface area (TPSA) is 77.3 Å². The van der Waals surface area contributed by atoms with Crippen LogP contribution < -0.4 is 5.32 Å². The molecule has 0 aliphatic carbocycles. The second-order valence-electron chi connectivity index (χ2n) is 3.78. The van der Waals surface area contributed by atoms with E-state index in [1.165, 1.54) is 6.92 Å². The van der Waals surface area contributed by atoms with Crippen molar-refractivity contribution in [3.63, 3.8) is 0 Å². The minimum Gasteiger partial charge on any atom is -0.370 e. The lowest BCUT2D eigenvalue weighted by atomic mass is 10.2. The Labute approximate surface area is 120 Å². The van der Waals surface area contributed by atoms with Crippen LogP contribution in [0.4, 0.5) is 24.7 Å². The minimum atomic E-state index is -4.36. The van der Waals surface area contributed by atoms with Crippen molar-refractivity contribution < 1.29 is 22.8 Å². The molecule has 0 aromatic carbocycles. The number of nitrogens with one attached hydrogen (secondary N) is 1. The molecule has 0 bridgehead atoms. The predicted molar refractivity (Wildman–Crippen MR) is 68.7 cm³/mol. The summed E-state index contributed by atoms with van der Waals surface area (Å²) in [5.41, 5.74) is 0.236. The van der Waals surface area contributed by atoms with Gasteiger partial charge in [0.2, 0.25) is 0 Å². The molecule has 20 heavy (non-hydrogen) atoms. The molecule has 0 fully saturated rings. The van der Waals surface area contributed by atoms with E-state index < -0.39 is 17.7 Å². The molecule has 0 amide bonds. The molecule has 1 heterocycles. The molecule has 1 aromatic heterocycles. The van der Waals surface area contributed by atoms with Crippen LogP contribution in [0.5, 0.6) is 0 Å². The zero-order chi connectivity index (χ0) is 15.3. The van der Waals surface area contributed by atoms with E-state index in [1.54, 1.807) is 0 Å². The predicted octanol–water partition coefficient (Wildman–Crippen LogP) is 3.05. The van der Waals surface area contributed by atoms with Crippen LogP contribution in [0.2, 0.25) is 0 Å². The molecular formula is C10H11BrF3N3O3. The third kappa shape index (κ3) is 4.93. The summed E-state index contributed by atoms with van der Waals surface area (Å²) in [7, 11) is 0. The van der Waals surface area contributed by atoms with Gasteiger partial charge >= 0.3 is 6.18 Å². The highest BCUT2D eigenvalue weighted by atomic mass is 79.9. The number of rotatable bonds is 6. The Morgan fingerprint density at radius 1 is 1.55 bits per heavy atom. The number of nitro groups is 1. The molecule has 112 valence electrons. The molecule has 1 N–H and O–H groups in total. The molecule has 0 aliphatic rings. The molecule has 0 saturated carbocycles. The third-order valence-corrected chi connectivity index (χ3v) is 3.21. The van der Waals surface area contributed by atoms with Crippen LogP contribution in [-0.2, 0) is 4.74 Å². The number of halogens is 4. The molecule has 0 aliphatic heterocycles. The highest BCUT2D eigenvalue weighted by molar-refractivity contribution is 9.10. The zero-order valence-electron chi connectivity index (χ0n) is 10.3. The first-order chi connectivity index (χ1) is 9.22. The number of anilines is 1. The lowest BCUT2D eigenvalue weighted by molar-refractivity contribution is -0.385. The molecular weight excluding hydrogens is 347 g/mol. The first-order valence-corrected chi connectivity index (χ1v) is 6.19. The highest BCUT2D eigenvalue weighted by Gasteiger charge is 2.27. The fourth-order valence-electron chi connectivity index (χ4n) is 1.31. The lowest BCUT2D eigenvalue weighted by Crippen LogP contribution is -2.20. The van der Waals surface area contributed by atoms with E-state index in [2.05, 4.69) is 31.0 Å². The summed E-state index contributed by atoms with van der Waals surface area (Å²) in [6.45, 7) is 0.153. The van der Waals surface area contributed by atoms with Crippen LogP contribution >= 0.6 is 15.9 Å². The molecule has 0 spiro atoms. The smallest absolute Gasteiger partial charge is 0.370 e. The fraction of sp³-hybridized carbons (Fsp3) is 0.500. The van der Waals surface area contributed by atoms with Crippen LogP contribution in [-0.4, -0.2) is 35.8 Å². The van der Waals surface area contributed by atoms with Gasteiger partial charge in [-0.2, -0.15) is 13.2 Å². The Balaban J connectivity index is 2.53. The SMILES string of the molecule is Cc1c([N+](=O)[O-])cnc(NCCOCC(F)(F)F)c1Br. The third-order valence-electron chi connectivity index (χ3n) is 2.24. The number of hydrogen-bond acceptors (Lipinski definition) is 5. The second kappa shape index (κ2) is 6.84. The maximum absolute atomic E-state index is 11.8. The summed E-state index contributed by atoms with van der Waals surface area (Å²) in [6, 6.07) is 0. The van der Waals surface area contributed by atoms with E-state index in [4.69, 9.17) is 0 Å². The number of aromatic nitrogens is 1. The first kappa shape index (κ1) is 16.6. The minimum absolute atomic E-state index is 0.0962. The van der Waals surface area contributed by atoms with Gasteiger partial charge in [0, 0.05) is 12.1 Å². The summed E-state index contributed by atoms with van der Waals surface area (Å²) in [5.74, 6) is 0.309. The zero-order valence-corrected chi connectivity index (χ0v) is 11.9. The summed E-state index contributed by atoms with van der Waals surface area (Å²) < 4.78 is 40.2. The van der Waals surface area contributed by atoms with Gasteiger partial charge in [0.15, 0.2) is 0 Å². The average molecular weight is 358 g/mol. The van der Waals surface area contributed by atoms with E-state index in [0.29, 0.717) is 15.9 Å². The van der Waals surface area contributed by atoms with Gasteiger partial charge in [0.25, 0.3) is 5.69 Å². The summed E-state index contributed by atoms with van der Waals surface area (Å²) >= 11 is 3.15. The van der Waals surface area contributed by atoms with Crippen molar-refractivity contribution in [1.29, 1.82) is 0 Å². The number of ether oxygens (including phenoxy) is 1. The normalized spacial score (nSPS) is 11.4. The van der Waals surface area contributed by atoms with Gasteiger partial charge in [-0.25, -0.2) is 4.98 Å². The Morgan fingerprint density at radius 3 is 2.75 bits per heavy atom. The van der Waals surface area contributed by atoms with Gasteiger partial charge in [0.1, 0.15) is 18.6 Å². The van der Waals surface area contributed by atoms with Crippen molar-refractivity contribution in [1.82, 2.24) is 4.98 Å². The van der Waals surface area contributed by atoms with E-state index in [-0.39, 0.29) is 18.8 Å². The van der Waals surface area contributed by atoms with Crippen LogP contribution in [0.1, 0.15) is 5.56 Å². The molecule has 1 aromatic rings. The molecule has 0 radical (unpaired) electrons. The average Bonchev–Trinajstić information content (AvgIpc) is 2.32. The van der Waals surface area contributed by atoms with Gasteiger partial charge in [-0.1, -0.05) is 0 Å². The van der Waals surface area contributed by atoms with Crippen molar-refractivity contribution in [2.45, 2.75) is 13.1 Å². The van der Waals surface area contributed by atoms with Crippen LogP contribution in [0.25, 0.3) is 0 Å². The van der Waals surface area contributed by atoms with E-state index >= 15 is 0 Å². The molecule has 0 atom stereocenters. The Bertz CT molecular complexity index is 497. The van der Waals surface area contributed by atoms with Gasteiger partial charge in [-0.05, 0) is 22.9 Å². The van der Waals surface area contributed by atoms with Gasteiger partial charge in [-0.15, -0.1) is 0 Å². The Morgan fingerprint density at radius 2 is 2.20 bits per heavy atom. The van der Waals surface area contributed by atoms with Crippen molar-refractivity contribution in [3.05, 3.63) is 26.3 Å². The number of hydrogen-bond donors (Lipinski definition) is 1. The highest BCUT2D eigenvalue weighted by Crippen LogP contribution is 2.30. The number of nitrogens with zero attached hydrogens (tertiary/aromatic N) is 2. The molecule has 0 saturated heterocycles.